The number of anilines is 1. The predicted molar refractivity (Wildman–Crippen MR) is 197 cm³/mol. The molecule has 18 nitrogen and oxygen atoms in total. The second-order valence-corrected chi connectivity index (χ2v) is 16.3. The number of nitrogens with two attached hydrogens (primary N) is 1. The van der Waals surface area contributed by atoms with Crippen molar-refractivity contribution in [3.8, 4) is 11.3 Å². The molecule has 0 radical (unpaired) electrons. The van der Waals surface area contributed by atoms with Gasteiger partial charge in [-0.05, 0) is 68.5 Å². The SMILES string of the molecule is CNC(=O)c1c(-c2ccc(F)cc2)oc2cc(N(CCOC(=O)CCC(=O)OC[C@H]3O[C@@H](n4cnc(C(N)=O)n4)[C@@H]4OC(C)(C)O[C@@H]43)S(C)(=O)=O)c(C3CC3)cc12. The first-order chi connectivity index (χ1) is 27.0. The van der Waals surface area contributed by atoms with Gasteiger partial charge in [-0.1, -0.05) is 0 Å². The number of ether oxygens (including phenoxy) is 5. The number of hydrogen-bond donors (Lipinski definition) is 2. The summed E-state index contributed by atoms with van der Waals surface area (Å²) in [6.45, 7) is 2.59. The Bertz CT molecular complexity index is 2320. The molecule has 4 heterocycles. The number of nitrogens with one attached hydrogen (secondary N) is 1. The Labute approximate surface area is 325 Å². The van der Waals surface area contributed by atoms with Crippen LogP contribution in [0.1, 0.15) is 78.2 Å². The number of carbonyl (C=O) groups is 4. The van der Waals surface area contributed by atoms with Crippen LogP contribution in [-0.4, -0.2) is 104 Å². The number of hydrogen-bond acceptors (Lipinski definition) is 14. The number of furan rings is 1. The molecule has 1 aliphatic carbocycles. The average molecular weight is 813 g/mol. The van der Waals surface area contributed by atoms with Crippen molar-refractivity contribution in [1.82, 2.24) is 20.1 Å². The monoisotopic (exact) mass is 812 g/mol. The van der Waals surface area contributed by atoms with Gasteiger partial charge in [-0.3, -0.25) is 23.5 Å². The molecule has 2 amide bonds. The Morgan fingerprint density at radius 1 is 1.05 bits per heavy atom. The van der Waals surface area contributed by atoms with Crippen LogP contribution in [0.4, 0.5) is 10.1 Å². The Kier molecular flexibility index (Phi) is 10.8. The van der Waals surface area contributed by atoms with Crippen LogP contribution in [0.3, 0.4) is 0 Å². The van der Waals surface area contributed by atoms with Gasteiger partial charge in [0.1, 0.15) is 55.0 Å². The van der Waals surface area contributed by atoms with Gasteiger partial charge in [-0.2, -0.15) is 0 Å². The van der Waals surface area contributed by atoms with Crippen molar-refractivity contribution in [2.45, 2.75) is 75.8 Å². The quantitative estimate of drug-likeness (QED) is 0.164. The average Bonchev–Trinajstić information content (AvgIpc) is 3.45. The van der Waals surface area contributed by atoms with Crippen LogP contribution < -0.4 is 15.4 Å². The van der Waals surface area contributed by atoms with Gasteiger partial charge in [0.15, 0.2) is 12.0 Å². The van der Waals surface area contributed by atoms with Crippen molar-refractivity contribution in [1.29, 1.82) is 0 Å². The Morgan fingerprint density at radius 2 is 1.74 bits per heavy atom. The second-order valence-electron chi connectivity index (χ2n) is 14.4. The number of benzene rings is 2. The third-order valence-electron chi connectivity index (χ3n) is 9.70. The number of fused-ring (bicyclic) bond motifs is 2. The van der Waals surface area contributed by atoms with Gasteiger partial charge in [-0.25, -0.2) is 22.5 Å². The summed E-state index contributed by atoms with van der Waals surface area (Å²) in [6, 6.07) is 8.76. The van der Waals surface area contributed by atoms with E-state index < -0.39 is 69.9 Å². The number of esters is 2. The normalized spacial score (nSPS) is 21.3. The first-order valence-electron chi connectivity index (χ1n) is 18.1. The fourth-order valence-electron chi connectivity index (χ4n) is 6.99. The summed E-state index contributed by atoms with van der Waals surface area (Å²) in [5.74, 6) is -4.18. The highest BCUT2D eigenvalue weighted by Gasteiger charge is 2.56. The third kappa shape index (κ3) is 8.48. The zero-order chi connectivity index (χ0) is 40.8. The summed E-state index contributed by atoms with van der Waals surface area (Å²) in [7, 11) is -2.45. The fraction of sp³-hybridized carbons (Fsp3) is 0.459. The number of amides is 2. The molecule has 0 bridgehead atoms. The van der Waals surface area contributed by atoms with Crippen molar-refractivity contribution >= 4 is 50.4 Å². The Hall–Kier alpha value is -5.44. The van der Waals surface area contributed by atoms with E-state index in [1.165, 1.54) is 42.3 Å². The number of aromatic nitrogens is 3. The van der Waals surface area contributed by atoms with E-state index in [4.69, 9.17) is 33.8 Å². The standard InChI is InChI=1S/C37H41FN6O12S/c1-37(2)55-31-26(54-36(32(31)56-37)43-18-41-34(42-43)33(39)47)17-52-28(46)12-11-27(45)51-14-13-44(57(4,49)50)24-16-25-23(15-22(24)19-5-6-19)29(35(48)40-3)30(53-25)20-7-9-21(38)10-8-20/h7-10,15-16,18-19,26,31-32,36H,5-6,11-14,17H2,1-4H3,(H2,39,47)(H,40,48)/t26-,31-,32-,36-/m1/s1. The number of carbonyl (C=O) groups excluding carboxylic acids is 4. The minimum absolute atomic E-state index is 0.0202. The van der Waals surface area contributed by atoms with Gasteiger partial charge in [0.2, 0.25) is 15.8 Å². The highest BCUT2D eigenvalue weighted by atomic mass is 32.2. The molecule has 2 aromatic heterocycles. The molecular weight excluding hydrogens is 772 g/mol. The van der Waals surface area contributed by atoms with Crippen LogP contribution in [-0.2, 0) is 43.3 Å². The van der Waals surface area contributed by atoms with E-state index in [-0.39, 0.29) is 61.2 Å². The lowest BCUT2D eigenvalue weighted by Gasteiger charge is -2.25. The van der Waals surface area contributed by atoms with Crippen molar-refractivity contribution in [2.75, 3.05) is 37.4 Å². The van der Waals surface area contributed by atoms with Crippen LogP contribution in [0.15, 0.2) is 47.1 Å². The summed E-state index contributed by atoms with van der Waals surface area (Å²) >= 11 is 0. The first-order valence-corrected chi connectivity index (χ1v) is 20.0. The second kappa shape index (κ2) is 15.5. The number of halogens is 1. The number of primary amides is 1. The summed E-state index contributed by atoms with van der Waals surface area (Å²) < 4.78 is 77.4. The molecule has 0 unspecified atom stereocenters. The minimum atomic E-state index is -3.93. The van der Waals surface area contributed by atoms with E-state index in [0.29, 0.717) is 22.2 Å². The molecule has 0 spiro atoms. The van der Waals surface area contributed by atoms with E-state index in [1.54, 1.807) is 26.0 Å². The lowest BCUT2D eigenvalue weighted by molar-refractivity contribution is -0.204. The Morgan fingerprint density at radius 3 is 2.37 bits per heavy atom. The molecule has 3 aliphatic rings. The summed E-state index contributed by atoms with van der Waals surface area (Å²) in [5, 5.41) is 7.12. The van der Waals surface area contributed by atoms with Crippen LogP contribution in [0.2, 0.25) is 0 Å². The van der Waals surface area contributed by atoms with Crippen LogP contribution >= 0.6 is 0 Å². The van der Waals surface area contributed by atoms with E-state index in [9.17, 15) is 32.0 Å². The number of nitrogens with zero attached hydrogens (tertiary/aromatic N) is 4. The molecule has 1 saturated carbocycles. The van der Waals surface area contributed by atoms with Crippen LogP contribution in [0, 0.1) is 5.82 Å². The number of sulfonamides is 1. The molecule has 2 aliphatic heterocycles. The molecule has 20 heteroatoms. The molecule has 4 atom stereocenters. The predicted octanol–water partition coefficient (Wildman–Crippen LogP) is 2.92. The molecule has 3 N–H and O–H groups in total. The van der Waals surface area contributed by atoms with Gasteiger partial charge < -0.3 is 39.2 Å². The largest absolute Gasteiger partial charge is 0.464 e. The van der Waals surface area contributed by atoms with E-state index >= 15 is 0 Å². The van der Waals surface area contributed by atoms with Crippen LogP contribution in [0.5, 0.6) is 0 Å². The van der Waals surface area contributed by atoms with Gasteiger partial charge in [0.05, 0.1) is 36.9 Å². The third-order valence-corrected chi connectivity index (χ3v) is 10.9. The van der Waals surface area contributed by atoms with E-state index in [1.807, 2.05) is 0 Å². The summed E-state index contributed by atoms with van der Waals surface area (Å²) in [5.41, 5.74) is 7.18. The lowest BCUT2D eigenvalue weighted by Crippen LogP contribution is -2.34. The van der Waals surface area contributed by atoms with Crippen LogP contribution in [0.25, 0.3) is 22.3 Å². The minimum Gasteiger partial charge on any atom is -0.464 e. The summed E-state index contributed by atoms with van der Waals surface area (Å²) in [4.78, 5) is 53.9. The zero-order valence-electron chi connectivity index (χ0n) is 31.4. The zero-order valence-corrected chi connectivity index (χ0v) is 32.2. The van der Waals surface area contributed by atoms with Gasteiger partial charge in [-0.15, -0.1) is 5.10 Å². The fourth-order valence-corrected chi connectivity index (χ4v) is 7.91. The maximum absolute atomic E-state index is 13.7. The molecule has 4 aromatic rings. The topological polar surface area (TPSA) is 234 Å². The smallest absolute Gasteiger partial charge is 0.306 e. The molecule has 7 rings (SSSR count). The molecule has 57 heavy (non-hydrogen) atoms. The van der Waals surface area contributed by atoms with Gasteiger partial charge >= 0.3 is 11.9 Å². The maximum Gasteiger partial charge on any atom is 0.306 e. The molecule has 2 saturated heterocycles. The molecule has 304 valence electrons. The van der Waals surface area contributed by atoms with Crippen molar-refractivity contribution in [3.05, 3.63) is 65.5 Å². The highest BCUT2D eigenvalue weighted by Crippen LogP contribution is 2.48. The van der Waals surface area contributed by atoms with Crippen molar-refractivity contribution < 1.29 is 60.1 Å². The highest BCUT2D eigenvalue weighted by molar-refractivity contribution is 7.92. The lowest BCUT2D eigenvalue weighted by atomic mass is 10.0. The maximum atomic E-state index is 13.7. The number of rotatable bonds is 15. The van der Waals surface area contributed by atoms with E-state index in [2.05, 4.69) is 15.4 Å². The van der Waals surface area contributed by atoms with E-state index in [0.717, 1.165) is 23.4 Å². The first kappa shape index (κ1) is 39.8. The van der Waals surface area contributed by atoms with Crippen molar-refractivity contribution in [3.63, 3.8) is 0 Å². The molecular formula is C37H41FN6O12S. The Balaban J connectivity index is 0.981. The molecule has 3 fully saturated rings. The van der Waals surface area contributed by atoms with Crippen molar-refractivity contribution in [2.24, 2.45) is 5.73 Å². The van der Waals surface area contributed by atoms with Gasteiger partial charge in [0.25, 0.3) is 11.8 Å². The molecule has 2 aromatic carbocycles. The summed E-state index contributed by atoms with van der Waals surface area (Å²) in [6.07, 6.45) is 0.232. The van der Waals surface area contributed by atoms with Gasteiger partial charge in [0, 0.05) is 24.1 Å².